The number of hydrogen-bond donors (Lipinski definition) is 1. The Balaban J connectivity index is 1.67. The van der Waals surface area contributed by atoms with Crippen LogP contribution in [-0.4, -0.2) is 67.4 Å². The van der Waals surface area contributed by atoms with Crippen molar-refractivity contribution in [2.45, 2.75) is 19.8 Å². The molecule has 1 heterocycles. The van der Waals surface area contributed by atoms with E-state index in [0.29, 0.717) is 39.1 Å². The molecule has 1 N–H and O–H groups in total. The average Bonchev–Trinajstić information content (AvgIpc) is 2.62. The zero-order valence-corrected chi connectivity index (χ0v) is 14.8. The van der Waals surface area contributed by atoms with Gasteiger partial charge in [0.25, 0.3) is 0 Å². The molecule has 0 aliphatic carbocycles. The van der Waals surface area contributed by atoms with Gasteiger partial charge >= 0.3 is 0 Å². The van der Waals surface area contributed by atoms with E-state index in [1.807, 2.05) is 24.3 Å². The lowest BCUT2D eigenvalue weighted by molar-refractivity contribution is -0.141. The van der Waals surface area contributed by atoms with Gasteiger partial charge in [0.2, 0.25) is 17.7 Å². The Morgan fingerprint density at radius 3 is 2.20 bits per heavy atom. The zero-order chi connectivity index (χ0) is 18.2. The van der Waals surface area contributed by atoms with Crippen molar-refractivity contribution in [1.82, 2.24) is 15.1 Å². The predicted octanol–water partition coefficient (Wildman–Crippen LogP) is 0.435. The summed E-state index contributed by atoms with van der Waals surface area (Å²) >= 11 is 0. The lowest BCUT2D eigenvalue weighted by atomic mass is 10.1. The first-order chi connectivity index (χ1) is 12.0. The topological polar surface area (TPSA) is 79.0 Å². The lowest BCUT2D eigenvalue weighted by Gasteiger charge is -2.34. The number of hydrogen-bond acceptors (Lipinski definition) is 4. The minimum Gasteiger partial charge on any atom is -0.497 e. The van der Waals surface area contributed by atoms with E-state index >= 15 is 0 Å². The number of ether oxygens (including phenoxy) is 1. The van der Waals surface area contributed by atoms with Gasteiger partial charge in [0, 0.05) is 39.6 Å². The summed E-state index contributed by atoms with van der Waals surface area (Å²) in [5, 5.41) is 2.77. The zero-order valence-electron chi connectivity index (χ0n) is 14.8. The van der Waals surface area contributed by atoms with Crippen LogP contribution in [0.4, 0.5) is 0 Å². The Bertz CT molecular complexity index is 607. The number of carbonyl (C=O) groups excluding carboxylic acids is 3. The second-order valence-electron chi connectivity index (χ2n) is 6.01. The van der Waals surface area contributed by atoms with Gasteiger partial charge in [-0.3, -0.25) is 14.4 Å². The number of methoxy groups -OCH3 is 1. The van der Waals surface area contributed by atoms with Crippen LogP contribution in [0.15, 0.2) is 24.3 Å². The van der Waals surface area contributed by atoms with E-state index in [2.05, 4.69) is 5.32 Å². The molecule has 0 radical (unpaired) electrons. The van der Waals surface area contributed by atoms with Gasteiger partial charge in [0.15, 0.2) is 0 Å². The van der Waals surface area contributed by atoms with Crippen molar-refractivity contribution in [3.8, 4) is 5.75 Å². The molecule has 0 saturated carbocycles. The Morgan fingerprint density at radius 1 is 1.04 bits per heavy atom. The molecule has 3 amide bonds. The van der Waals surface area contributed by atoms with Gasteiger partial charge in [-0.1, -0.05) is 12.1 Å². The molecular formula is C18H25N3O4. The van der Waals surface area contributed by atoms with Crippen molar-refractivity contribution in [2.75, 3.05) is 39.8 Å². The summed E-state index contributed by atoms with van der Waals surface area (Å²) in [7, 11) is 1.62. The van der Waals surface area contributed by atoms with Crippen LogP contribution in [0.3, 0.4) is 0 Å². The summed E-state index contributed by atoms with van der Waals surface area (Å²) in [5.74, 6) is 0.351. The molecule has 1 aliphatic heterocycles. The first-order valence-electron chi connectivity index (χ1n) is 8.42. The van der Waals surface area contributed by atoms with Crippen LogP contribution in [0, 0.1) is 0 Å². The molecule has 0 aromatic heterocycles. The summed E-state index contributed by atoms with van der Waals surface area (Å²) < 4.78 is 5.10. The van der Waals surface area contributed by atoms with Crippen LogP contribution in [0.1, 0.15) is 18.9 Å². The number of carbonyl (C=O) groups is 3. The average molecular weight is 347 g/mol. The molecule has 25 heavy (non-hydrogen) atoms. The van der Waals surface area contributed by atoms with Crippen LogP contribution >= 0.6 is 0 Å². The van der Waals surface area contributed by atoms with E-state index in [1.54, 1.807) is 16.9 Å². The minimum absolute atomic E-state index is 0.0170. The maximum atomic E-state index is 12.1. The van der Waals surface area contributed by atoms with E-state index in [-0.39, 0.29) is 24.1 Å². The van der Waals surface area contributed by atoms with Gasteiger partial charge in [-0.05, 0) is 24.1 Å². The van der Waals surface area contributed by atoms with Crippen molar-refractivity contribution in [3.05, 3.63) is 29.8 Å². The quantitative estimate of drug-likeness (QED) is 0.757. The smallest absolute Gasteiger partial charge is 0.232 e. The summed E-state index contributed by atoms with van der Waals surface area (Å²) in [6, 6.07) is 7.65. The van der Waals surface area contributed by atoms with Gasteiger partial charge in [-0.2, -0.15) is 0 Å². The van der Waals surface area contributed by atoms with Crippen LogP contribution in [0.25, 0.3) is 0 Å². The van der Waals surface area contributed by atoms with E-state index < -0.39 is 0 Å². The van der Waals surface area contributed by atoms with E-state index in [1.165, 1.54) is 6.92 Å². The van der Waals surface area contributed by atoms with Crippen molar-refractivity contribution >= 4 is 17.7 Å². The van der Waals surface area contributed by atoms with Crippen LogP contribution < -0.4 is 10.1 Å². The highest BCUT2D eigenvalue weighted by Gasteiger charge is 2.23. The number of rotatable bonds is 6. The van der Waals surface area contributed by atoms with Crippen molar-refractivity contribution in [3.63, 3.8) is 0 Å². The first kappa shape index (κ1) is 18.8. The largest absolute Gasteiger partial charge is 0.497 e. The lowest BCUT2D eigenvalue weighted by Crippen LogP contribution is -2.50. The SMILES string of the molecule is COc1ccc(CCNC(=O)CC(=O)N2CCN(C(C)=O)CC2)cc1. The number of amides is 3. The Kier molecular flexibility index (Phi) is 6.80. The van der Waals surface area contributed by atoms with Crippen LogP contribution in [-0.2, 0) is 20.8 Å². The Morgan fingerprint density at radius 2 is 1.64 bits per heavy atom. The fraction of sp³-hybridized carbons (Fsp3) is 0.500. The van der Waals surface area contributed by atoms with Gasteiger partial charge in [0.05, 0.1) is 7.11 Å². The number of benzene rings is 1. The van der Waals surface area contributed by atoms with Crippen molar-refractivity contribution in [2.24, 2.45) is 0 Å². The van der Waals surface area contributed by atoms with E-state index in [9.17, 15) is 14.4 Å². The minimum atomic E-state index is -0.271. The predicted molar refractivity (Wildman–Crippen MR) is 93.2 cm³/mol. The number of piperazine rings is 1. The maximum absolute atomic E-state index is 12.1. The summed E-state index contributed by atoms with van der Waals surface area (Å²) in [4.78, 5) is 38.7. The highest BCUT2D eigenvalue weighted by molar-refractivity contribution is 5.97. The molecule has 0 spiro atoms. The fourth-order valence-electron chi connectivity index (χ4n) is 2.72. The van der Waals surface area contributed by atoms with Gasteiger partial charge < -0.3 is 19.9 Å². The van der Waals surface area contributed by atoms with E-state index in [4.69, 9.17) is 4.74 Å². The highest BCUT2D eigenvalue weighted by atomic mass is 16.5. The van der Waals surface area contributed by atoms with Crippen LogP contribution in [0.5, 0.6) is 5.75 Å². The summed E-state index contributed by atoms with van der Waals surface area (Å²) in [6.45, 7) is 4.03. The standard InChI is InChI=1S/C18H25N3O4/c1-14(22)20-9-11-21(12-10-20)18(24)13-17(23)19-8-7-15-3-5-16(25-2)6-4-15/h3-6H,7-13H2,1-2H3,(H,19,23). The van der Waals surface area contributed by atoms with E-state index in [0.717, 1.165) is 11.3 Å². The molecule has 136 valence electrons. The summed E-state index contributed by atoms with van der Waals surface area (Å²) in [6.07, 6.45) is 0.546. The Labute approximate surface area is 147 Å². The molecule has 7 heteroatoms. The van der Waals surface area contributed by atoms with Crippen LogP contribution in [0.2, 0.25) is 0 Å². The molecule has 1 fully saturated rings. The van der Waals surface area contributed by atoms with Crippen molar-refractivity contribution in [1.29, 1.82) is 0 Å². The Hall–Kier alpha value is -2.57. The monoisotopic (exact) mass is 347 g/mol. The highest BCUT2D eigenvalue weighted by Crippen LogP contribution is 2.11. The van der Waals surface area contributed by atoms with Crippen molar-refractivity contribution < 1.29 is 19.1 Å². The molecule has 0 atom stereocenters. The van der Waals surface area contributed by atoms with Gasteiger partial charge in [0.1, 0.15) is 12.2 Å². The summed E-state index contributed by atoms with van der Waals surface area (Å²) in [5.41, 5.74) is 1.09. The molecule has 1 aliphatic rings. The normalized spacial score (nSPS) is 14.2. The third-order valence-electron chi connectivity index (χ3n) is 4.28. The third-order valence-corrected chi connectivity index (χ3v) is 4.28. The second-order valence-corrected chi connectivity index (χ2v) is 6.01. The molecule has 1 aromatic rings. The second kappa shape index (κ2) is 9.05. The molecule has 2 rings (SSSR count). The van der Waals surface area contributed by atoms with Gasteiger partial charge in [-0.25, -0.2) is 0 Å². The molecule has 7 nitrogen and oxygen atoms in total. The molecule has 0 bridgehead atoms. The molecular weight excluding hydrogens is 322 g/mol. The molecule has 1 saturated heterocycles. The third kappa shape index (κ3) is 5.77. The maximum Gasteiger partial charge on any atom is 0.232 e. The molecule has 1 aromatic carbocycles. The van der Waals surface area contributed by atoms with Gasteiger partial charge in [-0.15, -0.1) is 0 Å². The fourth-order valence-corrected chi connectivity index (χ4v) is 2.72. The number of nitrogens with zero attached hydrogens (tertiary/aromatic N) is 2. The number of nitrogens with one attached hydrogen (secondary N) is 1. The first-order valence-corrected chi connectivity index (χ1v) is 8.42. The molecule has 0 unspecified atom stereocenters.